The summed E-state index contributed by atoms with van der Waals surface area (Å²) >= 11 is 1.63. The lowest BCUT2D eigenvalue weighted by Gasteiger charge is -2.24. The van der Waals surface area contributed by atoms with E-state index in [0.29, 0.717) is 6.54 Å². The van der Waals surface area contributed by atoms with Crippen LogP contribution in [-0.4, -0.2) is 29.7 Å². The zero-order chi connectivity index (χ0) is 13.8. The van der Waals surface area contributed by atoms with Gasteiger partial charge in [-0.05, 0) is 18.4 Å². The predicted molar refractivity (Wildman–Crippen MR) is 71.0 cm³/mol. The highest BCUT2D eigenvalue weighted by atomic mass is 32.1. The van der Waals surface area contributed by atoms with E-state index in [2.05, 4.69) is 10.6 Å². The van der Waals surface area contributed by atoms with Crippen LogP contribution in [0.2, 0.25) is 0 Å². The number of thiophene rings is 1. The van der Waals surface area contributed by atoms with E-state index < -0.39 is 18.0 Å². The Morgan fingerprint density at radius 3 is 2.67 bits per heavy atom. The molecule has 0 aromatic carbocycles. The normalized spacial score (nSPS) is 12.8. The Labute approximate surface area is 110 Å². The van der Waals surface area contributed by atoms with Gasteiger partial charge in [-0.2, -0.15) is 0 Å². The van der Waals surface area contributed by atoms with Crippen molar-refractivity contribution in [2.24, 2.45) is 0 Å². The monoisotopic (exact) mass is 270 g/mol. The molecule has 1 atom stereocenters. The van der Waals surface area contributed by atoms with E-state index in [1.165, 1.54) is 11.8 Å². The van der Waals surface area contributed by atoms with Gasteiger partial charge in [-0.15, -0.1) is 11.3 Å². The van der Waals surface area contributed by atoms with Gasteiger partial charge in [-0.1, -0.05) is 19.9 Å². The third-order valence-corrected chi connectivity index (χ3v) is 3.83. The number of hydrogen-bond acceptors (Lipinski definition) is 3. The molecule has 0 saturated heterocycles. The smallest absolute Gasteiger partial charge is 0.325 e. The fraction of sp³-hybridized carbons (Fsp3) is 0.500. The first-order chi connectivity index (χ1) is 8.33. The van der Waals surface area contributed by atoms with Gasteiger partial charge < -0.3 is 15.7 Å². The average molecular weight is 270 g/mol. The van der Waals surface area contributed by atoms with Gasteiger partial charge in [0.2, 0.25) is 0 Å². The van der Waals surface area contributed by atoms with Crippen molar-refractivity contribution < 1.29 is 14.7 Å². The summed E-state index contributed by atoms with van der Waals surface area (Å²) in [4.78, 5) is 23.2. The largest absolute Gasteiger partial charge is 0.480 e. The van der Waals surface area contributed by atoms with Crippen LogP contribution >= 0.6 is 11.3 Å². The molecule has 1 rings (SSSR count). The second kappa shape index (κ2) is 5.86. The summed E-state index contributed by atoms with van der Waals surface area (Å²) in [6, 6.07) is 2.63. The highest BCUT2D eigenvalue weighted by molar-refractivity contribution is 7.10. The molecule has 1 aromatic rings. The number of rotatable bonds is 5. The molecule has 0 fully saturated rings. The fourth-order valence-electron chi connectivity index (χ4n) is 1.36. The van der Waals surface area contributed by atoms with Crippen LogP contribution in [0.15, 0.2) is 17.5 Å². The zero-order valence-electron chi connectivity index (χ0n) is 10.7. The van der Waals surface area contributed by atoms with E-state index in [-0.39, 0.29) is 5.41 Å². The minimum atomic E-state index is -1.05. The molecule has 0 bridgehead atoms. The first-order valence-corrected chi connectivity index (χ1v) is 6.52. The van der Waals surface area contributed by atoms with Crippen molar-refractivity contribution in [3.63, 3.8) is 0 Å². The van der Waals surface area contributed by atoms with Gasteiger partial charge in [-0.25, -0.2) is 4.79 Å². The minimum Gasteiger partial charge on any atom is -0.480 e. The molecule has 1 heterocycles. The van der Waals surface area contributed by atoms with Crippen molar-refractivity contribution in [1.82, 2.24) is 10.6 Å². The van der Waals surface area contributed by atoms with Crippen LogP contribution in [0, 0.1) is 0 Å². The van der Waals surface area contributed by atoms with Crippen molar-refractivity contribution in [2.75, 3.05) is 6.54 Å². The van der Waals surface area contributed by atoms with Crippen LogP contribution in [0.25, 0.3) is 0 Å². The van der Waals surface area contributed by atoms with E-state index in [1.54, 1.807) is 11.3 Å². The summed E-state index contributed by atoms with van der Waals surface area (Å²) in [6.07, 6.45) is 0. The second-order valence-electron chi connectivity index (χ2n) is 4.75. The SMILES string of the molecule is CC(NC(=O)NCC(C)(C)c1cccs1)C(=O)O. The molecule has 1 aromatic heterocycles. The summed E-state index contributed by atoms with van der Waals surface area (Å²) in [6.45, 7) is 5.93. The molecule has 2 amide bonds. The third-order valence-electron chi connectivity index (χ3n) is 2.60. The van der Waals surface area contributed by atoms with Gasteiger partial charge in [0, 0.05) is 16.8 Å². The molecule has 100 valence electrons. The first kappa shape index (κ1) is 14.5. The summed E-state index contributed by atoms with van der Waals surface area (Å²) in [5.41, 5.74) is -0.169. The van der Waals surface area contributed by atoms with Gasteiger partial charge in [0.05, 0.1) is 0 Å². The lowest BCUT2D eigenvalue weighted by atomic mass is 9.91. The summed E-state index contributed by atoms with van der Waals surface area (Å²) in [5, 5.41) is 15.7. The molecule has 0 aliphatic heterocycles. The molecule has 0 aliphatic rings. The maximum absolute atomic E-state index is 11.5. The molecule has 0 spiro atoms. The number of carboxylic acid groups (broad SMARTS) is 1. The van der Waals surface area contributed by atoms with Crippen LogP contribution in [0.4, 0.5) is 4.79 Å². The standard InChI is InChI=1S/C12H18N2O3S/c1-8(10(15)16)14-11(17)13-7-12(2,3)9-5-4-6-18-9/h4-6,8H,7H2,1-3H3,(H,15,16)(H2,13,14,17). The highest BCUT2D eigenvalue weighted by Crippen LogP contribution is 2.26. The Kier molecular flexibility index (Phi) is 4.72. The van der Waals surface area contributed by atoms with Crippen molar-refractivity contribution in [3.8, 4) is 0 Å². The number of nitrogens with one attached hydrogen (secondary N) is 2. The molecule has 6 heteroatoms. The van der Waals surface area contributed by atoms with E-state index in [4.69, 9.17) is 5.11 Å². The van der Waals surface area contributed by atoms with E-state index in [1.807, 2.05) is 31.4 Å². The van der Waals surface area contributed by atoms with Gasteiger partial charge in [0.15, 0.2) is 0 Å². The number of hydrogen-bond donors (Lipinski definition) is 3. The number of urea groups is 1. The van der Waals surface area contributed by atoms with Crippen molar-refractivity contribution in [2.45, 2.75) is 32.2 Å². The summed E-state index contributed by atoms with van der Waals surface area (Å²) in [5.74, 6) is -1.05. The molecule has 5 nitrogen and oxygen atoms in total. The van der Waals surface area contributed by atoms with Crippen LogP contribution < -0.4 is 10.6 Å². The van der Waals surface area contributed by atoms with E-state index in [9.17, 15) is 9.59 Å². The Hall–Kier alpha value is -1.56. The van der Waals surface area contributed by atoms with Gasteiger partial charge in [-0.3, -0.25) is 4.79 Å². The lowest BCUT2D eigenvalue weighted by Crippen LogP contribution is -2.47. The zero-order valence-corrected chi connectivity index (χ0v) is 11.5. The molecule has 18 heavy (non-hydrogen) atoms. The maximum atomic E-state index is 11.5. The molecular formula is C12H18N2O3S. The summed E-state index contributed by atoms with van der Waals surface area (Å²) < 4.78 is 0. The number of aliphatic carboxylic acids is 1. The quantitative estimate of drug-likeness (QED) is 0.763. The molecule has 1 unspecified atom stereocenters. The molecule has 0 radical (unpaired) electrons. The van der Waals surface area contributed by atoms with Crippen LogP contribution in [0.5, 0.6) is 0 Å². The number of carbonyl (C=O) groups excluding carboxylic acids is 1. The number of carboxylic acids is 1. The Morgan fingerprint density at radius 2 is 2.17 bits per heavy atom. The molecule has 3 N–H and O–H groups in total. The van der Waals surface area contributed by atoms with Crippen LogP contribution in [0.1, 0.15) is 25.6 Å². The van der Waals surface area contributed by atoms with Gasteiger partial charge in [0.1, 0.15) is 6.04 Å². The first-order valence-electron chi connectivity index (χ1n) is 5.64. The number of carbonyl (C=O) groups is 2. The van der Waals surface area contributed by atoms with Gasteiger partial charge in [0.25, 0.3) is 0 Å². The lowest BCUT2D eigenvalue weighted by molar-refractivity contribution is -0.138. The second-order valence-corrected chi connectivity index (χ2v) is 5.70. The minimum absolute atomic E-state index is 0.169. The fourth-order valence-corrected chi connectivity index (χ4v) is 2.21. The Morgan fingerprint density at radius 1 is 1.50 bits per heavy atom. The maximum Gasteiger partial charge on any atom is 0.325 e. The van der Waals surface area contributed by atoms with Crippen molar-refractivity contribution in [1.29, 1.82) is 0 Å². The van der Waals surface area contributed by atoms with E-state index in [0.717, 1.165) is 0 Å². The number of amides is 2. The highest BCUT2D eigenvalue weighted by Gasteiger charge is 2.23. The average Bonchev–Trinajstić information content (AvgIpc) is 2.80. The third kappa shape index (κ3) is 4.03. The van der Waals surface area contributed by atoms with Gasteiger partial charge >= 0.3 is 12.0 Å². The van der Waals surface area contributed by atoms with Crippen LogP contribution in [-0.2, 0) is 10.2 Å². The van der Waals surface area contributed by atoms with E-state index >= 15 is 0 Å². The molecule has 0 aliphatic carbocycles. The van der Waals surface area contributed by atoms with Crippen molar-refractivity contribution in [3.05, 3.63) is 22.4 Å². The van der Waals surface area contributed by atoms with Crippen LogP contribution in [0.3, 0.4) is 0 Å². The predicted octanol–water partition coefficient (Wildman–Crippen LogP) is 1.80. The summed E-state index contributed by atoms with van der Waals surface area (Å²) in [7, 11) is 0. The van der Waals surface area contributed by atoms with Crippen molar-refractivity contribution >= 4 is 23.3 Å². The molecule has 0 saturated carbocycles. The molecular weight excluding hydrogens is 252 g/mol. The Bertz CT molecular complexity index is 415. The Balaban J connectivity index is 2.45. The topological polar surface area (TPSA) is 78.4 Å².